The van der Waals surface area contributed by atoms with Crippen molar-refractivity contribution in [2.45, 2.75) is 32.6 Å². The van der Waals surface area contributed by atoms with E-state index in [4.69, 9.17) is 0 Å². The van der Waals surface area contributed by atoms with Gasteiger partial charge in [0, 0.05) is 18.2 Å². The SMILES string of the molecule is CC1CCC(CNc2ccc(C=O)cc2[N+](=O)[O-])CC1. The molecule has 1 saturated carbocycles. The van der Waals surface area contributed by atoms with Crippen LogP contribution in [-0.2, 0) is 0 Å². The second kappa shape index (κ2) is 6.50. The highest BCUT2D eigenvalue weighted by Gasteiger charge is 2.20. The van der Waals surface area contributed by atoms with E-state index < -0.39 is 4.92 Å². The van der Waals surface area contributed by atoms with Crippen molar-refractivity contribution in [1.29, 1.82) is 0 Å². The van der Waals surface area contributed by atoms with Gasteiger partial charge in [-0.3, -0.25) is 14.9 Å². The van der Waals surface area contributed by atoms with Crippen LogP contribution in [0.2, 0.25) is 0 Å². The summed E-state index contributed by atoms with van der Waals surface area (Å²) in [7, 11) is 0. The van der Waals surface area contributed by atoms with Gasteiger partial charge in [-0.05, 0) is 36.8 Å². The second-order valence-electron chi connectivity index (χ2n) is 5.66. The Morgan fingerprint density at radius 3 is 2.65 bits per heavy atom. The Hall–Kier alpha value is -1.91. The summed E-state index contributed by atoms with van der Waals surface area (Å²) in [5.74, 6) is 1.38. The van der Waals surface area contributed by atoms with E-state index in [0.717, 1.165) is 12.5 Å². The van der Waals surface area contributed by atoms with Gasteiger partial charge < -0.3 is 5.32 Å². The standard InChI is InChI=1S/C15H20N2O3/c1-11-2-4-12(5-3-11)9-16-14-7-6-13(10-18)8-15(14)17(19)20/h6-8,10-12,16H,2-5,9H2,1H3. The third kappa shape index (κ3) is 3.56. The van der Waals surface area contributed by atoms with Crippen molar-refractivity contribution in [2.75, 3.05) is 11.9 Å². The number of benzene rings is 1. The van der Waals surface area contributed by atoms with Crippen LogP contribution in [0.1, 0.15) is 43.0 Å². The lowest BCUT2D eigenvalue weighted by Crippen LogP contribution is -2.20. The summed E-state index contributed by atoms with van der Waals surface area (Å²) in [5.41, 5.74) is 0.798. The first-order chi connectivity index (χ1) is 9.60. The van der Waals surface area contributed by atoms with Gasteiger partial charge in [0.05, 0.1) is 4.92 Å². The number of rotatable bonds is 5. The summed E-state index contributed by atoms with van der Waals surface area (Å²) in [6.07, 6.45) is 5.44. The number of anilines is 1. The normalized spacial score (nSPS) is 22.2. The van der Waals surface area contributed by atoms with Gasteiger partial charge in [-0.2, -0.15) is 0 Å². The Morgan fingerprint density at radius 1 is 1.35 bits per heavy atom. The average Bonchev–Trinajstić information content (AvgIpc) is 2.46. The molecule has 1 aliphatic carbocycles. The maximum absolute atomic E-state index is 11.0. The van der Waals surface area contributed by atoms with Gasteiger partial charge in [0.2, 0.25) is 0 Å². The molecule has 0 saturated heterocycles. The molecular formula is C15H20N2O3. The largest absolute Gasteiger partial charge is 0.379 e. The molecule has 5 heteroatoms. The smallest absolute Gasteiger partial charge is 0.293 e. The Labute approximate surface area is 118 Å². The van der Waals surface area contributed by atoms with Crippen LogP contribution >= 0.6 is 0 Å². The molecule has 1 N–H and O–H groups in total. The molecule has 20 heavy (non-hydrogen) atoms. The van der Waals surface area contributed by atoms with Crippen LogP contribution in [0.25, 0.3) is 0 Å². The van der Waals surface area contributed by atoms with Gasteiger partial charge in [-0.25, -0.2) is 0 Å². The number of nitrogens with one attached hydrogen (secondary N) is 1. The van der Waals surface area contributed by atoms with Crippen molar-refractivity contribution in [3.8, 4) is 0 Å². The Balaban J connectivity index is 2.01. The molecule has 0 atom stereocenters. The van der Waals surface area contributed by atoms with E-state index in [1.807, 2.05) is 0 Å². The summed E-state index contributed by atoms with van der Waals surface area (Å²) >= 11 is 0. The number of hydrogen-bond donors (Lipinski definition) is 1. The van der Waals surface area contributed by atoms with E-state index >= 15 is 0 Å². The molecule has 1 aromatic carbocycles. The zero-order valence-corrected chi connectivity index (χ0v) is 11.7. The minimum Gasteiger partial charge on any atom is -0.379 e. The highest BCUT2D eigenvalue weighted by molar-refractivity contribution is 5.79. The third-order valence-electron chi connectivity index (χ3n) is 4.07. The average molecular weight is 276 g/mol. The quantitative estimate of drug-likeness (QED) is 0.506. The van der Waals surface area contributed by atoms with Crippen LogP contribution in [-0.4, -0.2) is 17.8 Å². The van der Waals surface area contributed by atoms with Gasteiger partial charge in [0.25, 0.3) is 5.69 Å². The van der Waals surface area contributed by atoms with E-state index in [0.29, 0.717) is 23.5 Å². The summed E-state index contributed by atoms with van der Waals surface area (Å²) in [6, 6.07) is 4.54. The molecule has 0 bridgehead atoms. The zero-order valence-electron chi connectivity index (χ0n) is 11.7. The molecule has 0 amide bonds. The number of carbonyl (C=O) groups excluding carboxylic acids is 1. The van der Waals surface area contributed by atoms with Crippen molar-refractivity contribution in [3.05, 3.63) is 33.9 Å². The maximum Gasteiger partial charge on any atom is 0.293 e. The molecule has 0 unspecified atom stereocenters. The van der Waals surface area contributed by atoms with Crippen molar-refractivity contribution in [3.63, 3.8) is 0 Å². The molecule has 5 nitrogen and oxygen atoms in total. The fourth-order valence-electron chi connectivity index (χ4n) is 2.71. The lowest BCUT2D eigenvalue weighted by Gasteiger charge is -2.26. The van der Waals surface area contributed by atoms with Gasteiger partial charge >= 0.3 is 0 Å². The fraction of sp³-hybridized carbons (Fsp3) is 0.533. The molecule has 0 heterocycles. The zero-order chi connectivity index (χ0) is 14.5. The molecule has 0 spiro atoms. The van der Waals surface area contributed by atoms with Crippen LogP contribution in [0.4, 0.5) is 11.4 Å². The maximum atomic E-state index is 11.0. The highest BCUT2D eigenvalue weighted by Crippen LogP contribution is 2.30. The monoisotopic (exact) mass is 276 g/mol. The number of nitro benzene ring substituents is 1. The number of carbonyl (C=O) groups is 1. The molecule has 2 rings (SSSR count). The number of nitrogens with zero attached hydrogens (tertiary/aromatic N) is 1. The van der Waals surface area contributed by atoms with Crippen LogP contribution in [0.15, 0.2) is 18.2 Å². The minimum atomic E-state index is -0.446. The second-order valence-corrected chi connectivity index (χ2v) is 5.66. The molecule has 1 aliphatic rings. The minimum absolute atomic E-state index is 0.0289. The van der Waals surface area contributed by atoms with Crippen molar-refractivity contribution >= 4 is 17.7 Å². The highest BCUT2D eigenvalue weighted by atomic mass is 16.6. The van der Waals surface area contributed by atoms with Crippen LogP contribution < -0.4 is 5.32 Å². The lowest BCUT2D eigenvalue weighted by atomic mass is 9.83. The van der Waals surface area contributed by atoms with E-state index in [1.165, 1.54) is 31.7 Å². The van der Waals surface area contributed by atoms with E-state index in [9.17, 15) is 14.9 Å². The Bertz CT molecular complexity index is 494. The van der Waals surface area contributed by atoms with E-state index in [1.54, 1.807) is 12.1 Å². The van der Waals surface area contributed by atoms with E-state index in [-0.39, 0.29) is 5.69 Å². The molecule has 0 aliphatic heterocycles. The van der Waals surface area contributed by atoms with Gasteiger partial charge in [0.1, 0.15) is 12.0 Å². The molecule has 0 radical (unpaired) electrons. The fourth-order valence-corrected chi connectivity index (χ4v) is 2.71. The van der Waals surface area contributed by atoms with Gasteiger partial charge in [0.15, 0.2) is 0 Å². The summed E-state index contributed by atoms with van der Waals surface area (Å²) in [6.45, 7) is 3.03. The predicted molar refractivity (Wildman–Crippen MR) is 78.1 cm³/mol. The number of nitro groups is 1. The first-order valence-electron chi connectivity index (χ1n) is 7.07. The summed E-state index contributed by atoms with van der Waals surface area (Å²) in [4.78, 5) is 21.3. The Kier molecular flexibility index (Phi) is 4.71. The van der Waals surface area contributed by atoms with Crippen molar-refractivity contribution < 1.29 is 9.72 Å². The van der Waals surface area contributed by atoms with Crippen molar-refractivity contribution in [2.24, 2.45) is 11.8 Å². The predicted octanol–water partition coefficient (Wildman–Crippen LogP) is 3.65. The first-order valence-corrected chi connectivity index (χ1v) is 7.07. The molecule has 108 valence electrons. The number of aldehydes is 1. The number of hydrogen-bond acceptors (Lipinski definition) is 4. The van der Waals surface area contributed by atoms with Crippen molar-refractivity contribution in [1.82, 2.24) is 0 Å². The third-order valence-corrected chi connectivity index (χ3v) is 4.07. The first kappa shape index (κ1) is 14.5. The molecule has 1 fully saturated rings. The van der Waals surface area contributed by atoms with Gasteiger partial charge in [-0.15, -0.1) is 0 Å². The molecular weight excluding hydrogens is 256 g/mol. The van der Waals surface area contributed by atoms with Crippen LogP contribution in [0, 0.1) is 22.0 Å². The summed E-state index contributed by atoms with van der Waals surface area (Å²) in [5, 5.41) is 14.2. The lowest BCUT2D eigenvalue weighted by molar-refractivity contribution is -0.384. The van der Waals surface area contributed by atoms with Crippen LogP contribution in [0.5, 0.6) is 0 Å². The molecule has 1 aromatic rings. The molecule has 0 aromatic heterocycles. The van der Waals surface area contributed by atoms with Crippen LogP contribution in [0.3, 0.4) is 0 Å². The Morgan fingerprint density at radius 2 is 2.05 bits per heavy atom. The summed E-state index contributed by atoms with van der Waals surface area (Å²) < 4.78 is 0. The topological polar surface area (TPSA) is 72.2 Å². The van der Waals surface area contributed by atoms with E-state index in [2.05, 4.69) is 12.2 Å². The van der Waals surface area contributed by atoms with Gasteiger partial charge in [-0.1, -0.05) is 19.8 Å².